The fourth-order valence-corrected chi connectivity index (χ4v) is 4.89. The number of ether oxygens (including phenoxy) is 3. The molecule has 2 unspecified atom stereocenters. The Morgan fingerprint density at radius 1 is 0.891 bits per heavy atom. The Bertz CT molecular complexity index is 1750. The van der Waals surface area contributed by atoms with Crippen molar-refractivity contribution in [2.24, 2.45) is 5.73 Å². The van der Waals surface area contributed by atoms with Crippen molar-refractivity contribution in [3.05, 3.63) is 125 Å². The maximum absolute atomic E-state index is 13.3. The normalized spacial score (nSPS) is 13.9. The Balaban J connectivity index is 1.26. The third kappa shape index (κ3) is 7.56. The number of carbonyl (C=O) groups is 4. The van der Waals surface area contributed by atoms with Crippen LogP contribution in [0.5, 0.6) is 5.75 Å². The highest BCUT2D eigenvalue weighted by Gasteiger charge is 2.35. The van der Waals surface area contributed by atoms with Crippen molar-refractivity contribution in [2.45, 2.75) is 25.2 Å². The second kappa shape index (κ2) is 14.2. The molecular formula is C35H32N4O7. The molecule has 0 radical (unpaired) electrons. The molecule has 1 aliphatic rings. The molecule has 4 aromatic carbocycles. The predicted octanol–water partition coefficient (Wildman–Crippen LogP) is 3.91. The van der Waals surface area contributed by atoms with Gasteiger partial charge in [-0.15, -0.1) is 0 Å². The van der Waals surface area contributed by atoms with Crippen LogP contribution in [0.3, 0.4) is 0 Å². The topological polar surface area (TPSA) is 170 Å². The van der Waals surface area contributed by atoms with Gasteiger partial charge in [0.2, 0.25) is 5.91 Å². The van der Waals surface area contributed by atoms with Gasteiger partial charge >= 0.3 is 11.9 Å². The highest BCUT2D eigenvalue weighted by Crippen LogP contribution is 2.31. The third-order valence-corrected chi connectivity index (χ3v) is 7.43. The van der Waals surface area contributed by atoms with Gasteiger partial charge < -0.3 is 30.6 Å². The van der Waals surface area contributed by atoms with E-state index < -0.39 is 42.5 Å². The molecule has 0 bridgehead atoms. The van der Waals surface area contributed by atoms with Crippen LogP contribution in [-0.2, 0) is 25.5 Å². The molecule has 1 aliphatic heterocycles. The van der Waals surface area contributed by atoms with Crippen molar-refractivity contribution in [1.82, 2.24) is 10.6 Å². The summed E-state index contributed by atoms with van der Waals surface area (Å²) in [5.74, 6) is -1.93. The zero-order valence-corrected chi connectivity index (χ0v) is 24.9. The van der Waals surface area contributed by atoms with Crippen molar-refractivity contribution in [3.8, 4) is 16.9 Å². The van der Waals surface area contributed by atoms with Crippen LogP contribution in [0.1, 0.15) is 50.1 Å². The van der Waals surface area contributed by atoms with E-state index in [1.807, 2.05) is 36.4 Å². The van der Waals surface area contributed by atoms with Gasteiger partial charge in [-0.3, -0.25) is 19.8 Å². The SMILES string of the molecule is COc1ccc(CCNC(=O)C(CC(=O)OC2OC(=O)c3ccccc32)NC(=O)c2ccc(-c3ccc(C(=N)N)cc3)cc2)cc1. The zero-order chi connectivity index (χ0) is 32.6. The molecule has 4 aromatic rings. The van der Waals surface area contributed by atoms with Gasteiger partial charge in [-0.2, -0.15) is 0 Å². The summed E-state index contributed by atoms with van der Waals surface area (Å²) < 4.78 is 15.8. The lowest BCUT2D eigenvalue weighted by atomic mass is 10.0. The molecule has 2 amide bonds. The zero-order valence-electron chi connectivity index (χ0n) is 24.9. The summed E-state index contributed by atoms with van der Waals surface area (Å²) in [4.78, 5) is 51.7. The number of rotatable bonds is 12. The van der Waals surface area contributed by atoms with Crippen molar-refractivity contribution < 1.29 is 33.4 Å². The minimum atomic E-state index is -1.28. The minimum Gasteiger partial charge on any atom is -0.497 e. The first kappa shape index (κ1) is 31.5. The molecule has 234 valence electrons. The number of amidine groups is 1. The fourth-order valence-electron chi connectivity index (χ4n) is 4.89. The Labute approximate surface area is 265 Å². The van der Waals surface area contributed by atoms with E-state index in [9.17, 15) is 19.2 Å². The second-order valence-electron chi connectivity index (χ2n) is 10.5. The third-order valence-electron chi connectivity index (χ3n) is 7.43. The number of fused-ring (bicyclic) bond motifs is 1. The average Bonchev–Trinajstić information content (AvgIpc) is 3.39. The summed E-state index contributed by atoms with van der Waals surface area (Å²) in [7, 11) is 1.58. The first-order valence-corrected chi connectivity index (χ1v) is 14.5. The quantitative estimate of drug-likeness (QED) is 0.105. The number of hydrogen-bond acceptors (Lipinski definition) is 8. The molecule has 0 saturated carbocycles. The first-order chi connectivity index (χ1) is 22.2. The molecule has 0 aromatic heterocycles. The number of carbonyl (C=O) groups excluding carboxylic acids is 4. The number of cyclic esters (lactones) is 1. The lowest BCUT2D eigenvalue weighted by Crippen LogP contribution is -2.48. The van der Waals surface area contributed by atoms with Crippen molar-refractivity contribution >= 4 is 29.6 Å². The van der Waals surface area contributed by atoms with Gasteiger partial charge in [-0.1, -0.05) is 66.7 Å². The highest BCUT2D eigenvalue weighted by molar-refractivity contribution is 5.99. The first-order valence-electron chi connectivity index (χ1n) is 14.5. The van der Waals surface area contributed by atoms with Crippen LogP contribution in [0.25, 0.3) is 11.1 Å². The smallest absolute Gasteiger partial charge is 0.342 e. The van der Waals surface area contributed by atoms with Crippen LogP contribution in [0, 0.1) is 5.41 Å². The summed E-state index contributed by atoms with van der Waals surface area (Å²) >= 11 is 0. The monoisotopic (exact) mass is 620 g/mol. The number of methoxy groups -OCH3 is 1. The van der Waals surface area contributed by atoms with Gasteiger partial charge in [-0.25, -0.2) is 4.79 Å². The van der Waals surface area contributed by atoms with E-state index >= 15 is 0 Å². The van der Waals surface area contributed by atoms with Gasteiger partial charge in [0.25, 0.3) is 12.2 Å². The molecule has 5 N–H and O–H groups in total. The number of nitrogen functional groups attached to an aromatic ring is 1. The standard InChI is InChI=1S/C35H32N4O7/c1-44-26-16-6-21(7-17-26)18-19-38-33(42)29(20-30(40)45-35-28-5-3-2-4-27(28)34(43)46-35)39-32(41)25-14-10-23(11-15-25)22-8-12-24(13-9-22)31(36)37/h2-17,29,35H,18-20H2,1H3,(H3,36,37)(H,38,42)(H,39,41). The second-order valence-corrected chi connectivity index (χ2v) is 10.5. The maximum Gasteiger partial charge on any atom is 0.342 e. The van der Waals surface area contributed by atoms with Crippen molar-refractivity contribution in [3.63, 3.8) is 0 Å². The molecule has 0 aliphatic carbocycles. The van der Waals surface area contributed by atoms with Crippen LogP contribution in [0.2, 0.25) is 0 Å². The Morgan fingerprint density at radius 3 is 2.15 bits per heavy atom. The Kier molecular flexibility index (Phi) is 9.72. The van der Waals surface area contributed by atoms with E-state index in [4.69, 9.17) is 25.4 Å². The summed E-state index contributed by atoms with van der Waals surface area (Å²) in [5, 5.41) is 13.0. The van der Waals surface area contributed by atoms with E-state index in [-0.39, 0.29) is 17.9 Å². The van der Waals surface area contributed by atoms with Crippen LogP contribution in [0.15, 0.2) is 97.1 Å². The number of nitrogens with one attached hydrogen (secondary N) is 3. The molecular weight excluding hydrogens is 588 g/mol. The molecule has 1 heterocycles. The minimum absolute atomic E-state index is 0.0316. The fraction of sp³-hybridized carbons (Fsp3) is 0.171. The Hall–Kier alpha value is -5.97. The van der Waals surface area contributed by atoms with Crippen molar-refractivity contribution in [2.75, 3.05) is 13.7 Å². The van der Waals surface area contributed by atoms with E-state index in [0.717, 1.165) is 16.7 Å². The summed E-state index contributed by atoms with van der Waals surface area (Å²) in [6.45, 7) is 0.247. The van der Waals surface area contributed by atoms with E-state index in [2.05, 4.69) is 10.6 Å². The van der Waals surface area contributed by atoms with Crippen LogP contribution in [-0.4, -0.2) is 49.3 Å². The number of amides is 2. The molecule has 0 saturated heterocycles. The summed E-state index contributed by atoms with van der Waals surface area (Å²) in [6, 6.07) is 26.5. The highest BCUT2D eigenvalue weighted by atomic mass is 16.7. The van der Waals surface area contributed by atoms with Gasteiger partial charge in [0.05, 0.1) is 19.1 Å². The van der Waals surface area contributed by atoms with Crippen LogP contribution >= 0.6 is 0 Å². The predicted molar refractivity (Wildman–Crippen MR) is 169 cm³/mol. The van der Waals surface area contributed by atoms with Gasteiger partial charge in [0.1, 0.15) is 17.6 Å². The van der Waals surface area contributed by atoms with E-state index in [1.165, 1.54) is 0 Å². The van der Waals surface area contributed by atoms with Crippen LogP contribution < -0.4 is 21.1 Å². The number of esters is 2. The van der Waals surface area contributed by atoms with Gasteiger partial charge in [0.15, 0.2) is 0 Å². The molecule has 2 atom stereocenters. The molecule has 11 nitrogen and oxygen atoms in total. The Morgan fingerprint density at radius 2 is 1.52 bits per heavy atom. The van der Waals surface area contributed by atoms with Gasteiger partial charge in [0, 0.05) is 23.2 Å². The lowest BCUT2D eigenvalue weighted by Gasteiger charge is -2.19. The van der Waals surface area contributed by atoms with Gasteiger partial charge in [-0.05, 0) is 53.4 Å². The number of benzene rings is 4. The molecule has 0 spiro atoms. The summed E-state index contributed by atoms with van der Waals surface area (Å²) in [6.07, 6.45) is -1.25. The largest absolute Gasteiger partial charge is 0.497 e. The molecule has 46 heavy (non-hydrogen) atoms. The molecule has 11 heteroatoms. The maximum atomic E-state index is 13.3. The van der Waals surface area contributed by atoms with Crippen LogP contribution in [0.4, 0.5) is 0 Å². The van der Waals surface area contributed by atoms with E-state index in [0.29, 0.717) is 28.9 Å². The van der Waals surface area contributed by atoms with E-state index in [1.54, 1.807) is 67.8 Å². The van der Waals surface area contributed by atoms with Crippen molar-refractivity contribution in [1.29, 1.82) is 5.41 Å². The average molecular weight is 621 g/mol. The number of nitrogens with two attached hydrogens (primary N) is 1. The number of hydrogen-bond donors (Lipinski definition) is 4. The molecule has 0 fully saturated rings. The summed E-state index contributed by atoms with van der Waals surface area (Å²) in [5.41, 5.74) is 9.75. The lowest BCUT2D eigenvalue weighted by molar-refractivity contribution is -0.168. The molecule has 5 rings (SSSR count).